The Hall–Kier alpha value is -4.18. The van der Waals surface area contributed by atoms with Gasteiger partial charge < -0.3 is 10.2 Å². The van der Waals surface area contributed by atoms with Crippen LogP contribution in [0.3, 0.4) is 0 Å². The number of rotatable bonds is 6. The van der Waals surface area contributed by atoms with Gasteiger partial charge in [-0.1, -0.05) is 59.7 Å². The summed E-state index contributed by atoms with van der Waals surface area (Å²) in [5.74, 6) is 0.401. The second-order valence-corrected chi connectivity index (χ2v) is 10.2. The highest BCUT2D eigenvalue weighted by Crippen LogP contribution is 2.27. The van der Waals surface area contributed by atoms with Crippen LogP contribution in [0.4, 0.5) is 0 Å². The molecule has 0 spiro atoms. The van der Waals surface area contributed by atoms with E-state index in [4.69, 9.17) is 4.99 Å². The number of phenolic OH excluding ortho intramolecular Hbond substituents is 2. The van der Waals surface area contributed by atoms with Crippen molar-refractivity contribution in [1.82, 2.24) is 0 Å². The predicted octanol–water partition coefficient (Wildman–Crippen LogP) is 8.22. The van der Waals surface area contributed by atoms with Gasteiger partial charge in [0.1, 0.15) is 11.5 Å². The molecule has 4 heteroatoms. The number of aryl methyl sites for hydroxylation is 6. The van der Waals surface area contributed by atoms with Crippen molar-refractivity contribution in [2.24, 2.45) is 9.98 Å². The largest absolute Gasteiger partial charge is 0.507 e. The molecule has 0 amide bonds. The van der Waals surface area contributed by atoms with Gasteiger partial charge in [-0.2, -0.15) is 0 Å². The van der Waals surface area contributed by atoms with Crippen LogP contribution in [0, 0.1) is 48.5 Å². The minimum atomic E-state index is -0.197. The van der Waals surface area contributed by atoms with Crippen LogP contribution in [0.1, 0.15) is 61.7 Å². The zero-order valence-electron chi connectivity index (χ0n) is 24.2. The molecular weight excluding hydrogens is 480 g/mol. The minimum absolute atomic E-state index is 0.197. The van der Waals surface area contributed by atoms with Crippen LogP contribution in [-0.2, 0) is 0 Å². The molecule has 0 saturated heterocycles. The summed E-state index contributed by atoms with van der Waals surface area (Å²) in [6, 6.07) is 22.8. The third-order valence-corrected chi connectivity index (χ3v) is 6.92. The molecule has 0 heterocycles. The first-order chi connectivity index (χ1) is 18.6. The van der Waals surface area contributed by atoms with E-state index in [-0.39, 0.29) is 17.5 Å². The number of phenols is 2. The molecule has 1 atom stereocenters. The number of hydrogen-bond acceptors (Lipinski definition) is 4. The monoisotopic (exact) mass is 520 g/mol. The van der Waals surface area contributed by atoms with Gasteiger partial charge in [0.15, 0.2) is 0 Å². The van der Waals surface area contributed by atoms with E-state index in [1.54, 1.807) is 36.7 Å². The smallest absolute Gasteiger partial charge is 0.124 e. The number of aromatic hydroxyl groups is 2. The van der Waals surface area contributed by atoms with Gasteiger partial charge in [-0.05, 0) is 106 Å². The van der Waals surface area contributed by atoms with Gasteiger partial charge in [-0.25, -0.2) is 0 Å². The number of hydrogen-bond donors (Lipinski definition) is 2. The van der Waals surface area contributed by atoms with Crippen LogP contribution in [0.15, 0.2) is 82.8 Å². The summed E-state index contributed by atoms with van der Waals surface area (Å²) in [7, 11) is 0. The summed E-state index contributed by atoms with van der Waals surface area (Å²) in [4.78, 5) is 9.33. The summed E-state index contributed by atoms with van der Waals surface area (Å²) < 4.78 is 0. The standard InChI is InChI=1S/C25H26N2O2.C10H14/c1-17-12-18(2)25(19(3)13-17)22(27-15-21-9-5-7-11-24(21)29)16-26-14-20-8-4-6-10-23(20)28;1-7-5-8(2)10(4)9(3)6-7/h4-15,22,28-29H,16H2,1-3H3;5-6H,1-4H3/t22-;/m1./s1. The second-order valence-electron chi connectivity index (χ2n) is 10.2. The zero-order valence-corrected chi connectivity index (χ0v) is 24.2. The molecule has 0 radical (unpaired) electrons. The van der Waals surface area contributed by atoms with Crippen LogP contribution >= 0.6 is 0 Å². The molecule has 0 bridgehead atoms. The van der Waals surface area contributed by atoms with E-state index in [0.717, 1.165) is 5.56 Å². The van der Waals surface area contributed by atoms with Gasteiger partial charge in [0.25, 0.3) is 0 Å². The predicted molar refractivity (Wildman–Crippen MR) is 165 cm³/mol. The lowest BCUT2D eigenvalue weighted by Gasteiger charge is -2.17. The van der Waals surface area contributed by atoms with Crippen LogP contribution in [0.5, 0.6) is 11.5 Å². The van der Waals surface area contributed by atoms with Gasteiger partial charge in [0.2, 0.25) is 0 Å². The van der Waals surface area contributed by atoms with Gasteiger partial charge in [-0.3, -0.25) is 9.98 Å². The maximum Gasteiger partial charge on any atom is 0.124 e. The first-order valence-electron chi connectivity index (χ1n) is 13.3. The molecular formula is C35H40N2O2. The van der Waals surface area contributed by atoms with Crippen molar-refractivity contribution in [1.29, 1.82) is 0 Å². The molecule has 0 aromatic heterocycles. The number of para-hydroxylation sites is 2. The fraction of sp³-hybridized carbons (Fsp3) is 0.257. The highest BCUT2D eigenvalue weighted by Gasteiger charge is 2.15. The van der Waals surface area contributed by atoms with Crippen molar-refractivity contribution in [3.63, 3.8) is 0 Å². The van der Waals surface area contributed by atoms with Gasteiger partial charge in [-0.15, -0.1) is 0 Å². The molecule has 4 rings (SSSR count). The van der Waals surface area contributed by atoms with Crippen molar-refractivity contribution >= 4 is 12.4 Å². The molecule has 0 unspecified atom stereocenters. The Morgan fingerprint density at radius 1 is 0.615 bits per heavy atom. The first-order valence-corrected chi connectivity index (χ1v) is 13.3. The molecule has 0 aliphatic heterocycles. The Balaban J connectivity index is 0.000000353. The topological polar surface area (TPSA) is 65.2 Å². The van der Waals surface area contributed by atoms with Crippen molar-refractivity contribution in [2.75, 3.05) is 6.54 Å². The molecule has 202 valence electrons. The summed E-state index contributed by atoms with van der Waals surface area (Å²) in [5.41, 5.74) is 11.6. The molecule has 0 aliphatic rings. The summed E-state index contributed by atoms with van der Waals surface area (Å²) in [6.45, 7) is 15.3. The van der Waals surface area contributed by atoms with E-state index in [0.29, 0.717) is 17.7 Å². The van der Waals surface area contributed by atoms with E-state index in [1.807, 2.05) is 24.3 Å². The fourth-order valence-electron chi connectivity index (χ4n) is 4.80. The average molecular weight is 521 g/mol. The van der Waals surface area contributed by atoms with Gasteiger partial charge in [0, 0.05) is 23.6 Å². The Labute approximate surface area is 233 Å². The van der Waals surface area contributed by atoms with Crippen molar-refractivity contribution in [3.8, 4) is 11.5 Å². The lowest BCUT2D eigenvalue weighted by atomic mass is 9.94. The fourth-order valence-corrected chi connectivity index (χ4v) is 4.80. The molecule has 0 fully saturated rings. The molecule has 39 heavy (non-hydrogen) atoms. The van der Waals surface area contributed by atoms with Gasteiger partial charge >= 0.3 is 0 Å². The lowest BCUT2D eigenvalue weighted by molar-refractivity contribution is 0.474. The molecule has 4 aromatic carbocycles. The van der Waals surface area contributed by atoms with E-state index >= 15 is 0 Å². The average Bonchev–Trinajstić information content (AvgIpc) is 2.87. The minimum Gasteiger partial charge on any atom is -0.507 e. The summed E-state index contributed by atoms with van der Waals surface area (Å²) >= 11 is 0. The van der Waals surface area contributed by atoms with Crippen molar-refractivity contribution in [2.45, 2.75) is 54.5 Å². The Morgan fingerprint density at radius 2 is 1.05 bits per heavy atom. The van der Waals surface area contributed by atoms with Crippen LogP contribution < -0.4 is 0 Å². The molecule has 2 N–H and O–H groups in total. The van der Waals surface area contributed by atoms with Gasteiger partial charge in [0.05, 0.1) is 12.6 Å². The maximum absolute atomic E-state index is 10.0. The second kappa shape index (κ2) is 13.6. The molecule has 4 nitrogen and oxygen atoms in total. The Bertz CT molecular complexity index is 1440. The van der Waals surface area contributed by atoms with E-state index in [9.17, 15) is 10.2 Å². The summed E-state index contributed by atoms with van der Waals surface area (Å²) in [6.07, 6.45) is 3.38. The number of aliphatic imine (C=N–C) groups is 2. The van der Waals surface area contributed by atoms with Crippen LogP contribution in [0.2, 0.25) is 0 Å². The third-order valence-electron chi connectivity index (χ3n) is 6.92. The molecule has 0 saturated carbocycles. The van der Waals surface area contributed by atoms with E-state index < -0.39 is 0 Å². The maximum atomic E-state index is 10.0. The SMILES string of the molecule is Cc1cc(C)c(C)c(C)c1.Cc1cc(C)c([C@@H](CN=Cc2ccccc2O)N=Cc2ccccc2O)c(C)c1. The molecule has 4 aromatic rings. The summed E-state index contributed by atoms with van der Waals surface area (Å²) in [5, 5.41) is 20.0. The van der Waals surface area contributed by atoms with E-state index in [1.165, 1.54) is 38.9 Å². The Kier molecular flexibility index (Phi) is 10.2. The zero-order chi connectivity index (χ0) is 28.5. The molecule has 0 aliphatic carbocycles. The lowest BCUT2D eigenvalue weighted by Crippen LogP contribution is -2.07. The highest BCUT2D eigenvalue weighted by molar-refractivity contribution is 5.84. The third kappa shape index (κ3) is 8.15. The number of nitrogens with zero attached hydrogens (tertiary/aromatic N) is 2. The first kappa shape index (κ1) is 29.4. The van der Waals surface area contributed by atoms with Crippen LogP contribution in [-0.4, -0.2) is 29.2 Å². The Morgan fingerprint density at radius 3 is 1.54 bits per heavy atom. The number of benzene rings is 4. The van der Waals surface area contributed by atoms with Crippen molar-refractivity contribution < 1.29 is 10.2 Å². The van der Waals surface area contributed by atoms with Crippen molar-refractivity contribution in [3.05, 3.63) is 128 Å². The normalized spacial score (nSPS) is 12.0. The van der Waals surface area contributed by atoms with Crippen LogP contribution in [0.25, 0.3) is 0 Å². The van der Waals surface area contributed by atoms with E-state index in [2.05, 4.69) is 77.7 Å². The quantitative estimate of drug-likeness (QED) is 0.252. The highest BCUT2D eigenvalue weighted by atomic mass is 16.3.